The Balaban J connectivity index is 1.75. The highest BCUT2D eigenvalue weighted by molar-refractivity contribution is 7.89. The van der Waals surface area contributed by atoms with Crippen molar-refractivity contribution in [3.05, 3.63) is 59.7 Å². The van der Waals surface area contributed by atoms with E-state index in [1.807, 2.05) is 37.3 Å². The lowest BCUT2D eigenvalue weighted by atomic mass is 10.1. The number of nitriles is 1. The normalized spacial score (nSPS) is 15.9. The lowest BCUT2D eigenvalue weighted by molar-refractivity contribution is 0.385. The molecule has 1 aliphatic heterocycles. The topological polar surface area (TPSA) is 64.4 Å². The monoisotopic (exact) mass is 341 g/mol. The highest BCUT2D eigenvalue weighted by Crippen LogP contribution is 2.23. The maximum atomic E-state index is 12.7. The van der Waals surface area contributed by atoms with Gasteiger partial charge in [0.1, 0.15) is 6.07 Å². The summed E-state index contributed by atoms with van der Waals surface area (Å²) in [5.74, 6) is 0. The lowest BCUT2D eigenvalue weighted by Crippen LogP contribution is -2.48. The van der Waals surface area contributed by atoms with Crippen LogP contribution in [0, 0.1) is 18.3 Å². The van der Waals surface area contributed by atoms with E-state index in [9.17, 15) is 13.7 Å². The van der Waals surface area contributed by atoms with Crippen molar-refractivity contribution in [3.8, 4) is 6.07 Å². The van der Waals surface area contributed by atoms with Crippen molar-refractivity contribution in [2.24, 2.45) is 0 Å². The third-order valence-electron chi connectivity index (χ3n) is 4.26. The lowest BCUT2D eigenvalue weighted by Gasteiger charge is -2.35. The van der Waals surface area contributed by atoms with Crippen molar-refractivity contribution in [2.75, 3.05) is 31.1 Å². The molecule has 24 heavy (non-hydrogen) atoms. The summed E-state index contributed by atoms with van der Waals surface area (Å²) < 4.78 is 27.0. The second-order valence-corrected chi connectivity index (χ2v) is 7.77. The fourth-order valence-electron chi connectivity index (χ4n) is 2.87. The van der Waals surface area contributed by atoms with Gasteiger partial charge < -0.3 is 4.90 Å². The molecular formula is C18H19N3O2S. The number of anilines is 1. The number of rotatable bonds is 3. The van der Waals surface area contributed by atoms with Crippen LogP contribution in [0.2, 0.25) is 0 Å². The number of sulfonamides is 1. The molecule has 124 valence electrons. The maximum absolute atomic E-state index is 12.7. The molecule has 3 rings (SSSR count). The average Bonchev–Trinajstić information content (AvgIpc) is 2.62. The van der Waals surface area contributed by atoms with Crippen LogP contribution in [0.15, 0.2) is 53.4 Å². The number of para-hydroxylation sites is 1. The van der Waals surface area contributed by atoms with Crippen molar-refractivity contribution in [1.29, 1.82) is 5.26 Å². The van der Waals surface area contributed by atoms with E-state index in [-0.39, 0.29) is 0 Å². The van der Waals surface area contributed by atoms with E-state index in [1.54, 1.807) is 18.2 Å². The third-order valence-corrected chi connectivity index (χ3v) is 6.18. The van der Waals surface area contributed by atoms with Gasteiger partial charge in [-0.05, 0) is 31.2 Å². The summed E-state index contributed by atoms with van der Waals surface area (Å²) in [7, 11) is -3.46. The van der Waals surface area contributed by atoms with Crippen LogP contribution in [0.1, 0.15) is 11.1 Å². The first-order chi connectivity index (χ1) is 11.5. The molecule has 1 saturated heterocycles. The Bertz CT molecular complexity index is 862. The molecule has 1 aliphatic rings. The van der Waals surface area contributed by atoms with Gasteiger partial charge in [0.25, 0.3) is 0 Å². The molecule has 0 N–H and O–H groups in total. The van der Waals surface area contributed by atoms with E-state index in [0.717, 1.165) is 11.3 Å². The number of piperazine rings is 1. The van der Waals surface area contributed by atoms with Crippen LogP contribution in [0.25, 0.3) is 0 Å². The van der Waals surface area contributed by atoms with Gasteiger partial charge in [0.15, 0.2) is 0 Å². The minimum Gasteiger partial charge on any atom is -0.368 e. The molecular weight excluding hydrogens is 322 g/mol. The number of benzene rings is 2. The minimum absolute atomic E-state index is 0.332. The second kappa shape index (κ2) is 6.63. The van der Waals surface area contributed by atoms with E-state index >= 15 is 0 Å². The molecule has 1 heterocycles. The van der Waals surface area contributed by atoms with Gasteiger partial charge in [0.05, 0.1) is 16.1 Å². The summed E-state index contributed by atoms with van der Waals surface area (Å²) in [6, 6.07) is 16.5. The number of hydrogen-bond donors (Lipinski definition) is 0. The summed E-state index contributed by atoms with van der Waals surface area (Å²) in [6.07, 6.45) is 0. The van der Waals surface area contributed by atoms with Gasteiger partial charge in [-0.1, -0.05) is 29.8 Å². The largest absolute Gasteiger partial charge is 0.368 e. The highest BCUT2D eigenvalue weighted by atomic mass is 32.2. The maximum Gasteiger partial charge on any atom is 0.243 e. The fourth-order valence-corrected chi connectivity index (χ4v) is 4.29. The molecule has 0 amide bonds. The van der Waals surface area contributed by atoms with Crippen LogP contribution in [-0.2, 0) is 10.0 Å². The highest BCUT2D eigenvalue weighted by Gasteiger charge is 2.29. The second-order valence-electron chi connectivity index (χ2n) is 5.83. The first-order valence-corrected chi connectivity index (χ1v) is 9.27. The summed E-state index contributed by atoms with van der Waals surface area (Å²) in [5, 5.41) is 9.22. The van der Waals surface area contributed by atoms with E-state index in [2.05, 4.69) is 11.0 Å². The van der Waals surface area contributed by atoms with Gasteiger partial charge in [0, 0.05) is 26.2 Å². The quantitative estimate of drug-likeness (QED) is 0.860. The number of hydrogen-bond acceptors (Lipinski definition) is 4. The third kappa shape index (κ3) is 3.14. The molecule has 2 aromatic rings. The average molecular weight is 341 g/mol. The molecule has 0 saturated carbocycles. The van der Waals surface area contributed by atoms with Crippen LogP contribution < -0.4 is 4.90 Å². The molecule has 0 aliphatic carbocycles. The Hall–Kier alpha value is -2.36. The zero-order chi connectivity index (χ0) is 17.2. The first kappa shape index (κ1) is 16.5. The Kier molecular flexibility index (Phi) is 4.56. The summed E-state index contributed by atoms with van der Waals surface area (Å²) in [5.41, 5.74) is 2.52. The molecule has 6 heteroatoms. The van der Waals surface area contributed by atoms with Crippen molar-refractivity contribution >= 4 is 15.7 Å². The van der Waals surface area contributed by atoms with Gasteiger partial charge in [-0.25, -0.2) is 8.42 Å². The molecule has 0 radical (unpaired) electrons. The van der Waals surface area contributed by atoms with Crippen LogP contribution in [0.5, 0.6) is 0 Å². The Morgan fingerprint density at radius 2 is 1.58 bits per heavy atom. The van der Waals surface area contributed by atoms with Crippen molar-refractivity contribution in [1.82, 2.24) is 4.31 Å². The zero-order valence-corrected chi connectivity index (χ0v) is 14.3. The summed E-state index contributed by atoms with van der Waals surface area (Å²) in [6.45, 7) is 3.90. The Morgan fingerprint density at radius 3 is 2.21 bits per heavy atom. The molecule has 0 atom stereocenters. The predicted octanol–water partition coefficient (Wildman–Crippen LogP) is 2.38. The Labute approximate surface area is 142 Å². The summed E-state index contributed by atoms with van der Waals surface area (Å²) in [4.78, 5) is 2.40. The van der Waals surface area contributed by atoms with Crippen molar-refractivity contribution < 1.29 is 8.42 Å². The first-order valence-electron chi connectivity index (χ1n) is 7.83. The van der Waals surface area contributed by atoms with Crippen LogP contribution >= 0.6 is 0 Å². The van der Waals surface area contributed by atoms with Gasteiger partial charge in [-0.15, -0.1) is 0 Å². The van der Waals surface area contributed by atoms with E-state index in [1.165, 1.54) is 4.31 Å². The minimum atomic E-state index is -3.46. The van der Waals surface area contributed by atoms with Gasteiger partial charge in [-0.3, -0.25) is 0 Å². The molecule has 5 nitrogen and oxygen atoms in total. The zero-order valence-electron chi connectivity index (χ0n) is 13.5. The van der Waals surface area contributed by atoms with Crippen molar-refractivity contribution in [3.63, 3.8) is 0 Å². The van der Waals surface area contributed by atoms with Crippen LogP contribution in [0.3, 0.4) is 0 Å². The summed E-state index contributed by atoms with van der Waals surface area (Å²) >= 11 is 0. The van der Waals surface area contributed by atoms with E-state index < -0.39 is 10.0 Å². The molecule has 0 unspecified atom stereocenters. The SMILES string of the molecule is Cc1ccc(S(=O)(=O)N2CCN(c3ccccc3C#N)CC2)cc1. The number of aryl methyl sites for hydroxylation is 1. The molecule has 0 spiro atoms. The van der Waals surface area contributed by atoms with Crippen LogP contribution in [0.4, 0.5) is 5.69 Å². The van der Waals surface area contributed by atoms with Gasteiger partial charge in [0.2, 0.25) is 10.0 Å². The molecule has 0 aromatic heterocycles. The van der Waals surface area contributed by atoms with E-state index in [4.69, 9.17) is 0 Å². The molecule has 2 aromatic carbocycles. The predicted molar refractivity (Wildman–Crippen MR) is 93.3 cm³/mol. The Morgan fingerprint density at radius 1 is 0.958 bits per heavy atom. The van der Waals surface area contributed by atoms with E-state index in [0.29, 0.717) is 36.6 Å². The fraction of sp³-hybridized carbons (Fsp3) is 0.278. The van der Waals surface area contributed by atoms with Gasteiger partial charge >= 0.3 is 0 Å². The molecule has 1 fully saturated rings. The smallest absolute Gasteiger partial charge is 0.243 e. The molecule has 0 bridgehead atoms. The standard InChI is InChI=1S/C18H19N3O2S/c1-15-6-8-17(9-7-15)24(22,23)21-12-10-20(11-13-21)18-5-3-2-4-16(18)14-19/h2-9H,10-13H2,1H3. The number of nitrogens with zero attached hydrogens (tertiary/aromatic N) is 3. The van der Waals surface area contributed by atoms with Gasteiger partial charge in [-0.2, -0.15) is 9.57 Å². The van der Waals surface area contributed by atoms with Crippen molar-refractivity contribution in [2.45, 2.75) is 11.8 Å². The van der Waals surface area contributed by atoms with Crippen LogP contribution in [-0.4, -0.2) is 38.9 Å².